The molecule has 2 heterocycles. The van der Waals surface area contributed by atoms with E-state index in [0.717, 1.165) is 18.4 Å². The molecular formula is C16H15F5N2O2S. The summed E-state index contributed by atoms with van der Waals surface area (Å²) >= 11 is 0.899. The Morgan fingerprint density at radius 1 is 1.31 bits per heavy atom. The van der Waals surface area contributed by atoms with Crippen molar-refractivity contribution in [1.29, 1.82) is 0 Å². The second-order valence-corrected chi connectivity index (χ2v) is 6.69. The molecule has 0 amide bonds. The van der Waals surface area contributed by atoms with Crippen LogP contribution in [0.25, 0.3) is 10.6 Å². The third-order valence-electron chi connectivity index (χ3n) is 3.45. The monoisotopic (exact) mass is 394 g/mol. The third kappa shape index (κ3) is 4.00. The van der Waals surface area contributed by atoms with Crippen molar-refractivity contribution >= 4 is 17.3 Å². The maximum Gasteiger partial charge on any atom is 0.434 e. The maximum atomic E-state index is 13.6. The minimum atomic E-state index is -5.00. The highest BCUT2D eigenvalue weighted by Gasteiger charge is 2.41. The van der Waals surface area contributed by atoms with E-state index < -0.39 is 41.1 Å². The van der Waals surface area contributed by atoms with E-state index in [1.807, 2.05) is 0 Å². The molecule has 2 aromatic heterocycles. The average Bonchev–Trinajstić information content (AvgIpc) is 3.05. The predicted molar refractivity (Wildman–Crippen MR) is 85.2 cm³/mol. The zero-order valence-corrected chi connectivity index (χ0v) is 14.8. The summed E-state index contributed by atoms with van der Waals surface area (Å²) < 4.78 is 72.1. The molecule has 4 nitrogen and oxygen atoms in total. The summed E-state index contributed by atoms with van der Waals surface area (Å²) in [6.45, 7) is 3.39. The molecule has 0 aliphatic rings. The van der Waals surface area contributed by atoms with Gasteiger partial charge >= 0.3 is 12.1 Å². The van der Waals surface area contributed by atoms with Crippen molar-refractivity contribution in [2.45, 2.75) is 32.9 Å². The standard InChI is InChI=1S/C16H15F5N2O2S/c1-7(2)6-8-9(15(24)25-3)11(13(17)18)23-12(16(19,20)21)10(8)14-22-4-5-26-14/h4-5,7,13H,6H2,1-3H3. The van der Waals surface area contributed by atoms with Crippen LogP contribution in [-0.4, -0.2) is 23.0 Å². The van der Waals surface area contributed by atoms with Crippen LogP contribution in [0.15, 0.2) is 11.6 Å². The number of alkyl halides is 5. The first-order chi connectivity index (χ1) is 12.1. The molecule has 10 heteroatoms. The largest absolute Gasteiger partial charge is 0.465 e. The quantitative estimate of drug-likeness (QED) is 0.520. The van der Waals surface area contributed by atoms with Gasteiger partial charge in [-0.25, -0.2) is 23.5 Å². The summed E-state index contributed by atoms with van der Waals surface area (Å²) in [4.78, 5) is 19.1. The number of methoxy groups -OCH3 is 1. The second kappa shape index (κ2) is 7.65. The molecule has 0 N–H and O–H groups in total. The molecular weight excluding hydrogens is 379 g/mol. The second-order valence-electron chi connectivity index (χ2n) is 5.80. The first-order valence-corrected chi connectivity index (χ1v) is 8.36. The third-order valence-corrected chi connectivity index (χ3v) is 4.24. The van der Waals surface area contributed by atoms with E-state index in [1.165, 1.54) is 11.6 Å². The van der Waals surface area contributed by atoms with Crippen LogP contribution in [0, 0.1) is 5.92 Å². The normalized spacial score (nSPS) is 12.1. The summed E-state index contributed by atoms with van der Waals surface area (Å²) in [5.74, 6) is -1.37. The molecule has 0 aliphatic heterocycles. The van der Waals surface area contributed by atoms with Crippen LogP contribution in [-0.2, 0) is 17.3 Å². The number of nitrogens with zero attached hydrogens (tertiary/aromatic N) is 2. The highest BCUT2D eigenvalue weighted by atomic mass is 32.1. The topological polar surface area (TPSA) is 52.1 Å². The van der Waals surface area contributed by atoms with Crippen LogP contribution in [0.2, 0.25) is 0 Å². The number of esters is 1. The SMILES string of the molecule is COC(=O)c1c(C(F)F)nc(C(F)(F)F)c(-c2nccs2)c1CC(C)C. The number of pyridine rings is 1. The molecule has 2 rings (SSSR count). The molecule has 0 bridgehead atoms. The molecule has 0 atom stereocenters. The number of aromatic nitrogens is 2. The number of hydrogen-bond acceptors (Lipinski definition) is 5. The number of thiazole rings is 1. The van der Waals surface area contributed by atoms with Gasteiger partial charge in [-0.1, -0.05) is 13.8 Å². The number of hydrogen-bond donors (Lipinski definition) is 0. The molecule has 0 aromatic carbocycles. The molecule has 142 valence electrons. The summed E-state index contributed by atoms with van der Waals surface area (Å²) in [5.41, 5.74) is -3.98. The van der Waals surface area contributed by atoms with Crippen LogP contribution in [0.3, 0.4) is 0 Å². The molecule has 0 spiro atoms. The maximum absolute atomic E-state index is 13.6. The summed E-state index contributed by atoms with van der Waals surface area (Å²) in [6, 6.07) is 0. The van der Waals surface area contributed by atoms with E-state index in [9.17, 15) is 26.7 Å². The summed E-state index contributed by atoms with van der Waals surface area (Å²) in [7, 11) is 0.970. The summed E-state index contributed by atoms with van der Waals surface area (Å²) in [5, 5.41) is 1.40. The van der Waals surface area contributed by atoms with E-state index in [4.69, 9.17) is 0 Å². The molecule has 2 aromatic rings. The Hall–Kier alpha value is -2.10. The van der Waals surface area contributed by atoms with Gasteiger partial charge in [-0.2, -0.15) is 13.2 Å². The highest BCUT2D eigenvalue weighted by Crippen LogP contribution is 2.42. The number of rotatable bonds is 5. The van der Waals surface area contributed by atoms with Crippen molar-refractivity contribution in [2.75, 3.05) is 7.11 Å². The Kier molecular flexibility index (Phi) is 5.94. The van der Waals surface area contributed by atoms with Gasteiger partial charge in [0.2, 0.25) is 0 Å². The number of carbonyl (C=O) groups is 1. The van der Waals surface area contributed by atoms with Gasteiger partial charge in [0.1, 0.15) is 10.7 Å². The Bertz CT molecular complexity index is 789. The van der Waals surface area contributed by atoms with Crippen LogP contribution in [0.4, 0.5) is 22.0 Å². The molecule has 0 unspecified atom stereocenters. The molecule has 0 aliphatic carbocycles. The van der Waals surface area contributed by atoms with Crippen molar-refractivity contribution in [3.63, 3.8) is 0 Å². The lowest BCUT2D eigenvalue weighted by atomic mass is 9.91. The molecule has 0 radical (unpaired) electrons. The lowest BCUT2D eigenvalue weighted by Crippen LogP contribution is -2.21. The van der Waals surface area contributed by atoms with E-state index in [1.54, 1.807) is 13.8 Å². The predicted octanol–water partition coefficient (Wildman–Crippen LogP) is 5.15. The smallest absolute Gasteiger partial charge is 0.434 e. The number of carbonyl (C=O) groups excluding carboxylic acids is 1. The first kappa shape index (κ1) is 20.2. The lowest BCUT2D eigenvalue weighted by Gasteiger charge is -2.21. The Morgan fingerprint density at radius 3 is 2.38 bits per heavy atom. The fraction of sp³-hybridized carbons (Fsp3) is 0.438. The van der Waals surface area contributed by atoms with Crippen LogP contribution in [0.1, 0.15) is 47.6 Å². The van der Waals surface area contributed by atoms with Gasteiger partial charge in [0.05, 0.1) is 12.7 Å². The van der Waals surface area contributed by atoms with Gasteiger partial charge < -0.3 is 4.74 Å². The Morgan fingerprint density at radius 2 is 1.96 bits per heavy atom. The Balaban J connectivity index is 3.00. The minimum Gasteiger partial charge on any atom is -0.465 e. The van der Waals surface area contributed by atoms with E-state index in [2.05, 4.69) is 14.7 Å². The fourth-order valence-electron chi connectivity index (χ4n) is 2.54. The van der Waals surface area contributed by atoms with Gasteiger partial charge in [-0.05, 0) is 17.9 Å². The van der Waals surface area contributed by atoms with Crippen molar-refractivity contribution in [2.24, 2.45) is 5.92 Å². The van der Waals surface area contributed by atoms with Crippen molar-refractivity contribution in [3.8, 4) is 10.6 Å². The van der Waals surface area contributed by atoms with Crippen LogP contribution in [0.5, 0.6) is 0 Å². The van der Waals surface area contributed by atoms with Crippen molar-refractivity contribution in [3.05, 3.63) is 34.1 Å². The van der Waals surface area contributed by atoms with Crippen molar-refractivity contribution in [1.82, 2.24) is 9.97 Å². The fourth-order valence-corrected chi connectivity index (χ4v) is 3.25. The summed E-state index contributed by atoms with van der Waals surface area (Å²) in [6.07, 6.45) is -7.13. The van der Waals surface area contributed by atoms with E-state index >= 15 is 0 Å². The lowest BCUT2D eigenvalue weighted by molar-refractivity contribution is -0.141. The Labute approximate surface area is 150 Å². The first-order valence-electron chi connectivity index (χ1n) is 7.48. The number of halogens is 5. The zero-order chi connectivity index (χ0) is 19.6. The van der Waals surface area contributed by atoms with Gasteiger partial charge in [-0.15, -0.1) is 11.3 Å². The highest BCUT2D eigenvalue weighted by molar-refractivity contribution is 7.13. The van der Waals surface area contributed by atoms with Gasteiger partial charge in [0.25, 0.3) is 6.43 Å². The van der Waals surface area contributed by atoms with Crippen LogP contribution >= 0.6 is 11.3 Å². The van der Waals surface area contributed by atoms with Gasteiger partial charge in [-0.3, -0.25) is 0 Å². The molecule has 0 saturated carbocycles. The number of ether oxygens (including phenoxy) is 1. The average molecular weight is 394 g/mol. The van der Waals surface area contributed by atoms with E-state index in [-0.39, 0.29) is 22.9 Å². The molecule has 26 heavy (non-hydrogen) atoms. The minimum absolute atomic E-state index is 0.0496. The van der Waals surface area contributed by atoms with Gasteiger partial charge in [0, 0.05) is 17.1 Å². The van der Waals surface area contributed by atoms with Crippen molar-refractivity contribution < 1.29 is 31.5 Å². The van der Waals surface area contributed by atoms with E-state index in [0.29, 0.717) is 0 Å². The van der Waals surface area contributed by atoms with Crippen LogP contribution < -0.4 is 0 Å². The van der Waals surface area contributed by atoms with Gasteiger partial charge in [0.15, 0.2) is 5.69 Å². The molecule has 0 fully saturated rings. The zero-order valence-electron chi connectivity index (χ0n) is 14.0. The molecule has 0 saturated heterocycles.